The third-order valence-corrected chi connectivity index (χ3v) is 2.62. The number of aromatic nitrogens is 3. The zero-order valence-electron chi connectivity index (χ0n) is 8.93. The van der Waals surface area contributed by atoms with Gasteiger partial charge in [-0.05, 0) is 18.6 Å². The third kappa shape index (κ3) is 1.85. The summed E-state index contributed by atoms with van der Waals surface area (Å²) >= 11 is 0. The van der Waals surface area contributed by atoms with Crippen LogP contribution in [0.2, 0.25) is 0 Å². The van der Waals surface area contributed by atoms with Crippen molar-refractivity contribution in [2.45, 2.75) is 25.8 Å². The maximum atomic E-state index is 5.75. The zero-order chi connectivity index (χ0) is 10.7. The molecule has 0 bridgehead atoms. The number of hydrogen-bond acceptors (Lipinski definition) is 3. The van der Waals surface area contributed by atoms with Gasteiger partial charge in [0.2, 0.25) is 0 Å². The molecular formula is C11H16N4. The molecule has 0 aliphatic rings. The van der Waals surface area contributed by atoms with Crippen molar-refractivity contribution in [1.29, 1.82) is 0 Å². The van der Waals surface area contributed by atoms with Gasteiger partial charge in [0.1, 0.15) is 5.52 Å². The van der Waals surface area contributed by atoms with Gasteiger partial charge < -0.3 is 5.73 Å². The van der Waals surface area contributed by atoms with E-state index in [-0.39, 0.29) is 6.04 Å². The Balaban J connectivity index is 2.41. The van der Waals surface area contributed by atoms with Crippen LogP contribution in [0.1, 0.15) is 25.8 Å². The summed E-state index contributed by atoms with van der Waals surface area (Å²) in [6.07, 6.45) is 2.15. The molecule has 0 aliphatic heterocycles. The van der Waals surface area contributed by atoms with Gasteiger partial charge in [-0.25, -0.2) is 4.68 Å². The highest BCUT2D eigenvalue weighted by molar-refractivity contribution is 5.73. The molecule has 1 atom stereocenters. The third-order valence-electron chi connectivity index (χ3n) is 2.62. The molecule has 0 fully saturated rings. The fourth-order valence-corrected chi connectivity index (χ4v) is 1.83. The fraction of sp³-hybridized carbons (Fsp3) is 0.455. The molecule has 0 saturated heterocycles. The maximum absolute atomic E-state index is 5.75. The Morgan fingerprint density at radius 3 is 2.93 bits per heavy atom. The quantitative estimate of drug-likeness (QED) is 0.825. The highest BCUT2D eigenvalue weighted by Gasteiger charge is 2.12. The van der Waals surface area contributed by atoms with Crippen molar-refractivity contribution >= 4 is 11.0 Å². The van der Waals surface area contributed by atoms with Gasteiger partial charge >= 0.3 is 0 Å². The van der Waals surface area contributed by atoms with Gasteiger partial charge in [0.25, 0.3) is 0 Å². The molecular weight excluding hydrogens is 188 g/mol. The number of benzene rings is 1. The molecule has 0 saturated carbocycles. The Hall–Kier alpha value is -1.42. The lowest BCUT2D eigenvalue weighted by Gasteiger charge is -2.14. The summed E-state index contributed by atoms with van der Waals surface area (Å²) in [5.74, 6) is 0. The normalized spacial score (nSPS) is 13.2. The Kier molecular flexibility index (Phi) is 2.97. The van der Waals surface area contributed by atoms with Crippen molar-refractivity contribution in [3.8, 4) is 0 Å². The molecule has 80 valence electrons. The second-order valence-corrected chi connectivity index (χ2v) is 3.70. The van der Waals surface area contributed by atoms with Crippen molar-refractivity contribution in [1.82, 2.24) is 15.0 Å². The predicted octanol–water partition coefficient (Wildman–Crippen LogP) is 1.73. The lowest BCUT2D eigenvalue weighted by molar-refractivity contribution is 0.430. The standard InChI is InChI=1S/C11H16N4/c1-2-5-9(8-12)15-11-7-4-3-6-10(11)13-14-15/h3-4,6-7,9H,2,5,8,12H2,1H3. The van der Waals surface area contributed by atoms with Crippen LogP contribution in [0.25, 0.3) is 11.0 Å². The van der Waals surface area contributed by atoms with Crippen molar-refractivity contribution in [3.63, 3.8) is 0 Å². The number of rotatable bonds is 4. The first-order chi connectivity index (χ1) is 7.36. The summed E-state index contributed by atoms with van der Waals surface area (Å²) in [6.45, 7) is 2.77. The summed E-state index contributed by atoms with van der Waals surface area (Å²) in [4.78, 5) is 0. The molecule has 1 aromatic heterocycles. The first-order valence-corrected chi connectivity index (χ1v) is 5.36. The van der Waals surface area contributed by atoms with Crippen LogP contribution >= 0.6 is 0 Å². The van der Waals surface area contributed by atoms with Crippen molar-refractivity contribution < 1.29 is 0 Å². The van der Waals surface area contributed by atoms with Crippen molar-refractivity contribution in [2.75, 3.05) is 6.54 Å². The number of fused-ring (bicyclic) bond motifs is 1. The Morgan fingerprint density at radius 1 is 1.40 bits per heavy atom. The minimum Gasteiger partial charge on any atom is -0.328 e. The summed E-state index contributed by atoms with van der Waals surface area (Å²) < 4.78 is 1.94. The Bertz CT molecular complexity index is 435. The summed E-state index contributed by atoms with van der Waals surface area (Å²) in [5, 5.41) is 8.30. The molecule has 2 N–H and O–H groups in total. The molecule has 0 radical (unpaired) electrons. The highest BCUT2D eigenvalue weighted by atomic mass is 15.4. The van der Waals surface area contributed by atoms with E-state index in [0.29, 0.717) is 6.54 Å². The van der Waals surface area contributed by atoms with E-state index in [4.69, 9.17) is 5.73 Å². The number of hydrogen-bond donors (Lipinski definition) is 1. The highest BCUT2D eigenvalue weighted by Crippen LogP contribution is 2.17. The maximum Gasteiger partial charge on any atom is 0.113 e. The largest absolute Gasteiger partial charge is 0.328 e. The van der Waals surface area contributed by atoms with Crippen LogP contribution in [0.5, 0.6) is 0 Å². The summed E-state index contributed by atoms with van der Waals surface area (Å²) in [6, 6.07) is 8.24. The van der Waals surface area contributed by atoms with E-state index in [0.717, 1.165) is 23.9 Å². The van der Waals surface area contributed by atoms with Gasteiger partial charge in [-0.2, -0.15) is 0 Å². The molecule has 0 amide bonds. The molecule has 1 heterocycles. The van der Waals surface area contributed by atoms with E-state index in [2.05, 4.69) is 17.2 Å². The SMILES string of the molecule is CCCC(CN)n1nnc2ccccc21. The summed E-state index contributed by atoms with van der Waals surface area (Å²) in [7, 11) is 0. The molecule has 15 heavy (non-hydrogen) atoms. The first-order valence-electron chi connectivity index (χ1n) is 5.36. The minimum atomic E-state index is 0.266. The Morgan fingerprint density at radius 2 is 2.20 bits per heavy atom. The molecule has 1 aromatic carbocycles. The molecule has 1 unspecified atom stereocenters. The molecule has 4 nitrogen and oxygen atoms in total. The topological polar surface area (TPSA) is 56.7 Å². The van der Waals surface area contributed by atoms with Crippen LogP contribution in [-0.2, 0) is 0 Å². The second kappa shape index (κ2) is 4.40. The van der Waals surface area contributed by atoms with Crippen LogP contribution in [0.3, 0.4) is 0 Å². The number of nitrogens with two attached hydrogens (primary N) is 1. The van der Waals surface area contributed by atoms with Crippen LogP contribution < -0.4 is 5.73 Å². The predicted molar refractivity (Wildman–Crippen MR) is 60.5 cm³/mol. The van der Waals surface area contributed by atoms with Crippen LogP contribution in [0, 0.1) is 0 Å². The van der Waals surface area contributed by atoms with E-state index in [1.54, 1.807) is 0 Å². The van der Waals surface area contributed by atoms with E-state index >= 15 is 0 Å². The van der Waals surface area contributed by atoms with Gasteiger partial charge in [-0.3, -0.25) is 0 Å². The van der Waals surface area contributed by atoms with E-state index in [1.165, 1.54) is 0 Å². The molecule has 0 spiro atoms. The smallest absolute Gasteiger partial charge is 0.113 e. The van der Waals surface area contributed by atoms with Crippen LogP contribution in [0.4, 0.5) is 0 Å². The first kappa shape index (κ1) is 10.1. The van der Waals surface area contributed by atoms with Gasteiger partial charge in [-0.1, -0.05) is 30.7 Å². The summed E-state index contributed by atoms with van der Waals surface area (Å²) in [5.41, 5.74) is 7.76. The molecule has 4 heteroatoms. The number of nitrogens with zero attached hydrogens (tertiary/aromatic N) is 3. The monoisotopic (exact) mass is 204 g/mol. The molecule has 2 aromatic rings. The van der Waals surface area contributed by atoms with E-state index < -0.39 is 0 Å². The van der Waals surface area contributed by atoms with E-state index in [9.17, 15) is 0 Å². The average Bonchev–Trinajstić information content (AvgIpc) is 2.70. The van der Waals surface area contributed by atoms with Gasteiger partial charge in [0.05, 0.1) is 11.6 Å². The lowest BCUT2D eigenvalue weighted by atomic mass is 10.1. The van der Waals surface area contributed by atoms with Crippen LogP contribution in [-0.4, -0.2) is 21.5 Å². The molecule has 0 aliphatic carbocycles. The lowest BCUT2D eigenvalue weighted by Crippen LogP contribution is -2.20. The minimum absolute atomic E-state index is 0.266. The zero-order valence-corrected chi connectivity index (χ0v) is 8.93. The van der Waals surface area contributed by atoms with Gasteiger partial charge in [-0.15, -0.1) is 5.10 Å². The van der Waals surface area contributed by atoms with Gasteiger partial charge in [0.15, 0.2) is 0 Å². The molecule has 2 rings (SSSR count). The average molecular weight is 204 g/mol. The van der Waals surface area contributed by atoms with Crippen molar-refractivity contribution in [2.24, 2.45) is 5.73 Å². The van der Waals surface area contributed by atoms with Crippen molar-refractivity contribution in [3.05, 3.63) is 24.3 Å². The van der Waals surface area contributed by atoms with E-state index in [1.807, 2.05) is 28.9 Å². The second-order valence-electron chi connectivity index (χ2n) is 3.70. The van der Waals surface area contributed by atoms with Crippen LogP contribution in [0.15, 0.2) is 24.3 Å². The van der Waals surface area contributed by atoms with Gasteiger partial charge in [0, 0.05) is 6.54 Å². The Labute approximate surface area is 89.1 Å². The fourth-order valence-electron chi connectivity index (χ4n) is 1.83. The number of para-hydroxylation sites is 1.